The van der Waals surface area contributed by atoms with Crippen LogP contribution in [0.2, 0.25) is 0 Å². The number of aromatic nitrogens is 3. The highest BCUT2D eigenvalue weighted by Crippen LogP contribution is 2.22. The molecule has 17 amide bonds. The zero-order chi connectivity index (χ0) is 103. The van der Waals surface area contributed by atoms with Gasteiger partial charge in [0.05, 0.1) is 37.2 Å². The molecule has 0 aliphatic carbocycles. The molecule has 764 valence electrons. The second kappa shape index (κ2) is 58.8. The SMILES string of the molecule is CC(=O)N[C@@H](C)C(=O)N[C@@H](CO)C(=O)N[C@@H](CC(C)C)C(=O)N[C@@H](CCCN=C(N)N)C(=O)N[C@@H](Cc1c[nH]cn1)C(=O)N[C@@H](Cc1c[nH]c2ccccc12)C(=O)N[C@@H](CC(C)C)C(=O)N[C@@H](CC(N)=O)C(=O)N[C@@H](CC(C)C)C(=O)N[C@H](C(=O)N[C@H](C(=O)N[C@@H](CCCN=C(N)N)C(=O)N[C@@H](CCC(N)=O)C(=O)N[C@@H](CCCN=C(N)N)CN[C@@H](Cc1ccc(O)cc1)C(N)=O)[C@@H](C)O)C(C)C. The summed E-state index contributed by atoms with van der Waals surface area (Å²) in [5.74, 6) is -19.2. The number of carbonyl (C=O) groups excluding carboxylic acids is 17. The van der Waals surface area contributed by atoms with Crippen molar-refractivity contribution < 1.29 is 96.8 Å². The van der Waals surface area contributed by atoms with E-state index in [1.165, 1.54) is 52.4 Å². The van der Waals surface area contributed by atoms with Crippen LogP contribution in [0.25, 0.3) is 10.9 Å². The maximum absolute atomic E-state index is 15.3. The maximum Gasteiger partial charge on any atom is 0.245 e. The predicted octanol–water partition coefficient (Wildman–Crippen LogP) is -7.64. The van der Waals surface area contributed by atoms with Crippen molar-refractivity contribution in [3.05, 3.63) is 84.1 Å². The van der Waals surface area contributed by atoms with Gasteiger partial charge in [-0.25, -0.2) is 4.98 Å². The van der Waals surface area contributed by atoms with E-state index in [0.29, 0.717) is 22.0 Å². The van der Waals surface area contributed by atoms with Gasteiger partial charge >= 0.3 is 0 Å². The summed E-state index contributed by atoms with van der Waals surface area (Å²) in [5, 5.41) is 71.0. The fourth-order valence-corrected chi connectivity index (χ4v) is 14.4. The lowest BCUT2D eigenvalue weighted by Crippen LogP contribution is -2.63. The van der Waals surface area contributed by atoms with E-state index in [4.69, 9.17) is 51.6 Å². The minimum atomic E-state index is -1.91. The number of aromatic hydroxyl groups is 1. The number of aliphatic imine (C=N–C) groups is 3. The van der Waals surface area contributed by atoms with Crippen LogP contribution < -0.4 is 131 Å². The smallest absolute Gasteiger partial charge is 0.245 e. The third kappa shape index (κ3) is 42.7. The molecule has 0 aliphatic rings. The largest absolute Gasteiger partial charge is 0.508 e. The van der Waals surface area contributed by atoms with Crippen molar-refractivity contribution in [1.29, 1.82) is 0 Å². The van der Waals surface area contributed by atoms with Gasteiger partial charge in [0.2, 0.25) is 100 Å². The molecule has 0 saturated carbocycles. The third-order valence-corrected chi connectivity index (χ3v) is 21.5. The lowest BCUT2D eigenvalue weighted by Gasteiger charge is -2.30. The van der Waals surface area contributed by atoms with Crippen molar-refractivity contribution >= 4 is 129 Å². The van der Waals surface area contributed by atoms with Crippen LogP contribution in [0.1, 0.15) is 170 Å². The van der Waals surface area contributed by atoms with E-state index in [0.717, 1.165) is 6.92 Å². The van der Waals surface area contributed by atoms with Gasteiger partial charge in [-0.2, -0.15) is 0 Å². The first kappa shape index (κ1) is 116. The molecule has 4 aromatic rings. The molecule has 0 fully saturated rings. The molecule has 2 heterocycles. The first-order valence-electron chi connectivity index (χ1n) is 45.5. The van der Waals surface area contributed by atoms with Crippen LogP contribution >= 0.6 is 0 Å². The average molecular weight is 1940 g/mol. The van der Waals surface area contributed by atoms with Gasteiger partial charge in [0.15, 0.2) is 17.9 Å². The highest BCUT2D eigenvalue weighted by Gasteiger charge is 2.41. The third-order valence-electron chi connectivity index (χ3n) is 21.5. The summed E-state index contributed by atoms with van der Waals surface area (Å²) in [6.45, 7) is 15.8. The number of nitrogens with one attached hydrogen (secondary N) is 17. The zero-order valence-electron chi connectivity index (χ0n) is 79.8. The first-order valence-corrected chi connectivity index (χ1v) is 45.5. The number of benzene rings is 2. The Kier molecular flexibility index (Phi) is 49.5. The van der Waals surface area contributed by atoms with Crippen molar-refractivity contribution in [2.75, 3.05) is 32.8 Å². The van der Waals surface area contributed by atoms with E-state index >= 15 is 9.59 Å². The highest BCUT2D eigenvalue weighted by molar-refractivity contribution is 6.02. The van der Waals surface area contributed by atoms with E-state index in [2.05, 4.69) is 110 Å². The van der Waals surface area contributed by atoms with Crippen LogP contribution in [0, 0.1) is 23.7 Å². The Bertz CT molecular complexity index is 4820. The molecule has 138 heavy (non-hydrogen) atoms. The van der Waals surface area contributed by atoms with Crippen molar-refractivity contribution in [3.8, 4) is 5.75 Å². The number of guanidine groups is 3. The number of hydrogen-bond donors (Lipinski definition) is 29. The number of phenolic OH excluding ortho intramolecular Hbond substituents is 1. The minimum Gasteiger partial charge on any atom is -0.508 e. The molecular weight excluding hydrogens is 1800 g/mol. The molecule has 16 atom stereocenters. The summed E-state index contributed by atoms with van der Waals surface area (Å²) < 4.78 is 0. The van der Waals surface area contributed by atoms with Crippen LogP contribution in [-0.4, -0.2) is 278 Å². The van der Waals surface area contributed by atoms with Crippen LogP contribution in [-0.2, 0) is 101 Å². The van der Waals surface area contributed by atoms with Crippen molar-refractivity contribution in [2.45, 2.75) is 269 Å². The number of carbonyl (C=O) groups is 17. The monoisotopic (exact) mass is 1940 g/mol. The standard InChI is InChI=1S/C88H142N30O20/c1-43(2)31-61(112-83(136)67(41-119)116-73(126)47(9)105-49(11)121)77(130)107-57(20-15-29-100-87(94)95)76(129)114-65(36-53-39-98-42-104-53)80(133)113-64(35-51-38-102-56-19-13-12-18-55(51)56)79(132)110-62(32-44(3)4)78(131)115-66(37-69(90)124)81(134)111-63(33-45(5)6)82(135)117-70(46(7)8)84(137)118-71(48(10)120)85(138)109-58(21-16-30-101-88(96)97)75(128)108-59(26-27-68(89)123)74(127)106-52(17-14-28-99-86(92)93)40-103-60(72(91)125)34-50-22-24-54(122)25-23-50/h12-13,18-19,22-25,38-39,42-48,52,57-67,70-71,102-103,119-120,122H,14-17,20-21,26-37,40-41H2,1-11H3,(H2,89,123)(H2,90,124)(H2,91,125)(H,98,104)(H,105,121)(H,106,127)(H,107,130)(H,108,128)(H,109,138)(H,110,132)(H,111,134)(H,112,136)(H,113,133)(H,114,129)(H,115,131)(H,116,126)(H,117,135)(H,118,137)(H4,92,93,99)(H4,94,95,100)(H4,96,97,101)/t47-,48+,52-,57-,58-,59-,60-,61-,62-,63-,64-,65-,66-,67-,70-,71-/m0/s1. The summed E-state index contributed by atoms with van der Waals surface area (Å²) in [4.78, 5) is 261. The number of aliphatic hydroxyl groups is 2. The molecule has 0 unspecified atom stereocenters. The number of nitrogens with zero attached hydrogens (tertiary/aromatic N) is 4. The van der Waals surface area contributed by atoms with Gasteiger partial charge in [-0.15, -0.1) is 0 Å². The minimum absolute atomic E-state index is 0.0137. The quantitative estimate of drug-likeness (QED) is 0.0111. The van der Waals surface area contributed by atoms with Crippen LogP contribution in [0.5, 0.6) is 5.75 Å². The maximum atomic E-state index is 15.3. The fraction of sp³-hybridized carbons (Fsp3) is 0.580. The molecule has 0 bridgehead atoms. The number of aromatic amines is 2. The Hall–Kier alpha value is -14.3. The Balaban J connectivity index is 1.67. The molecule has 0 radical (unpaired) electrons. The lowest BCUT2D eigenvalue weighted by atomic mass is 9.98. The number of H-pyrrole nitrogens is 2. The number of imidazole rings is 1. The number of primary amides is 3. The number of para-hydroxylation sites is 1. The van der Waals surface area contributed by atoms with E-state index in [-0.39, 0.29) is 138 Å². The Morgan fingerprint density at radius 2 is 0.826 bits per heavy atom. The van der Waals surface area contributed by atoms with Gasteiger partial charge in [0, 0.05) is 81.7 Å². The van der Waals surface area contributed by atoms with Crippen LogP contribution in [0.4, 0.5) is 0 Å². The van der Waals surface area contributed by atoms with Gasteiger partial charge in [-0.3, -0.25) is 96.5 Å². The summed E-state index contributed by atoms with van der Waals surface area (Å²) in [6.07, 6.45) is -0.162. The molecular formula is C88H142N30O20. The van der Waals surface area contributed by atoms with Gasteiger partial charge < -0.3 is 157 Å². The number of rotatable bonds is 63. The van der Waals surface area contributed by atoms with Crippen molar-refractivity contribution in [1.82, 2.24) is 94.7 Å². The molecule has 0 saturated heterocycles. The summed E-state index contributed by atoms with van der Waals surface area (Å²) in [6, 6.07) is -9.54. The molecule has 50 nitrogen and oxygen atoms in total. The topological polar surface area (TPSA) is 847 Å². The van der Waals surface area contributed by atoms with E-state index in [1.54, 1.807) is 84.1 Å². The average Bonchev–Trinajstić information content (AvgIpc) is 1.65. The predicted molar refractivity (Wildman–Crippen MR) is 509 cm³/mol. The highest BCUT2D eigenvalue weighted by atomic mass is 16.3. The number of aliphatic hydroxyl groups excluding tert-OH is 2. The summed E-state index contributed by atoms with van der Waals surface area (Å²) in [7, 11) is 0. The van der Waals surface area contributed by atoms with E-state index in [1.807, 2.05) is 0 Å². The Morgan fingerprint density at radius 1 is 0.413 bits per heavy atom. The van der Waals surface area contributed by atoms with Crippen molar-refractivity contribution in [2.24, 2.45) is 90.3 Å². The molecule has 50 heteroatoms. The number of amides is 17. The normalized spacial score (nSPS) is 14.7. The van der Waals surface area contributed by atoms with E-state index in [9.17, 15) is 87.2 Å². The number of phenols is 1. The van der Waals surface area contributed by atoms with Gasteiger partial charge in [-0.1, -0.05) is 85.7 Å². The second-order valence-corrected chi connectivity index (χ2v) is 35.4. The molecule has 38 N–H and O–H groups in total. The molecule has 0 spiro atoms. The Labute approximate surface area is 799 Å². The van der Waals surface area contributed by atoms with E-state index < -0.39 is 241 Å². The van der Waals surface area contributed by atoms with Crippen molar-refractivity contribution in [3.63, 3.8) is 0 Å². The van der Waals surface area contributed by atoms with Crippen LogP contribution in [0.15, 0.2) is 82.2 Å². The lowest BCUT2D eigenvalue weighted by molar-refractivity contribution is -0.138. The molecule has 2 aromatic carbocycles. The summed E-state index contributed by atoms with van der Waals surface area (Å²) >= 11 is 0. The number of fused-ring (bicyclic) bond motifs is 1. The Morgan fingerprint density at radius 3 is 1.28 bits per heavy atom. The molecule has 0 aliphatic heterocycles. The fourth-order valence-electron chi connectivity index (χ4n) is 14.4. The molecule has 4 rings (SSSR count). The molecule has 2 aromatic heterocycles. The van der Waals surface area contributed by atoms with Gasteiger partial charge in [0.25, 0.3) is 0 Å². The van der Waals surface area contributed by atoms with Gasteiger partial charge in [0.1, 0.15) is 84.3 Å². The number of nitrogens with two attached hydrogens (primary N) is 9. The first-order chi connectivity index (χ1) is 64.9. The van der Waals surface area contributed by atoms with Gasteiger partial charge in [-0.05, 0) is 137 Å². The number of hydrogen-bond acceptors (Lipinski definition) is 25. The summed E-state index contributed by atoms with van der Waals surface area (Å²) in [5.41, 5.74) is 52.5. The second-order valence-electron chi connectivity index (χ2n) is 35.4. The van der Waals surface area contributed by atoms with Crippen LogP contribution in [0.3, 0.4) is 0 Å². The zero-order valence-corrected chi connectivity index (χ0v) is 79.8.